The van der Waals surface area contributed by atoms with Crippen LogP contribution < -0.4 is 5.43 Å². The Balaban J connectivity index is 2.73. The minimum absolute atomic E-state index is 0.247. The molecule has 0 N–H and O–H groups in total. The zero-order valence-corrected chi connectivity index (χ0v) is 13.7. The van der Waals surface area contributed by atoms with Crippen molar-refractivity contribution in [3.8, 4) is 5.69 Å². The molecule has 2 aromatic rings. The van der Waals surface area contributed by atoms with Crippen molar-refractivity contribution in [2.75, 3.05) is 7.11 Å². The molecule has 7 heteroatoms. The summed E-state index contributed by atoms with van der Waals surface area (Å²) in [6.45, 7) is 1.83. The van der Waals surface area contributed by atoms with Gasteiger partial charge in [-0.3, -0.25) is 4.79 Å². The van der Waals surface area contributed by atoms with Crippen LogP contribution in [-0.4, -0.2) is 22.9 Å². The maximum atomic E-state index is 12.1. The summed E-state index contributed by atoms with van der Waals surface area (Å²) in [5.74, 6) is -0.762. The van der Waals surface area contributed by atoms with Gasteiger partial charge >= 0.3 is 5.97 Å². The van der Waals surface area contributed by atoms with E-state index in [9.17, 15) is 9.59 Å². The largest absolute Gasteiger partial charge is 0.464 e. The molecule has 2 rings (SSSR count). The Hall–Kier alpha value is -1.66. The van der Waals surface area contributed by atoms with E-state index in [-0.39, 0.29) is 5.69 Å². The molecule has 0 amide bonds. The SMILES string of the molecule is CCc1cn(-c2cccc(Cl)c2Br)nc(C(=O)OC)c1=O. The molecule has 0 bridgehead atoms. The van der Waals surface area contributed by atoms with E-state index >= 15 is 0 Å². The van der Waals surface area contributed by atoms with E-state index in [1.807, 2.05) is 6.92 Å². The number of benzene rings is 1. The lowest BCUT2D eigenvalue weighted by Crippen LogP contribution is -2.25. The molecule has 0 saturated heterocycles. The number of aryl methyl sites for hydroxylation is 1. The molecule has 1 aromatic carbocycles. The van der Waals surface area contributed by atoms with Gasteiger partial charge in [0.15, 0.2) is 0 Å². The zero-order valence-electron chi connectivity index (χ0n) is 11.4. The highest BCUT2D eigenvalue weighted by molar-refractivity contribution is 9.10. The average Bonchev–Trinajstić information content (AvgIpc) is 2.49. The van der Waals surface area contributed by atoms with Crippen LogP contribution in [-0.2, 0) is 11.2 Å². The Bertz CT molecular complexity index is 758. The molecule has 5 nitrogen and oxygen atoms in total. The number of carbonyl (C=O) groups excluding carboxylic acids is 1. The van der Waals surface area contributed by atoms with Crippen LogP contribution in [0.2, 0.25) is 5.02 Å². The van der Waals surface area contributed by atoms with Crippen molar-refractivity contribution in [2.45, 2.75) is 13.3 Å². The van der Waals surface area contributed by atoms with Gasteiger partial charge in [-0.15, -0.1) is 0 Å². The molecule has 0 fully saturated rings. The van der Waals surface area contributed by atoms with Crippen molar-refractivity contribution in [1.82, 2.24) is 9.78 Å². The number of carbonyl (C=O) groups is 1. The fourth-order valence-corrected chi connectivity index (χ4v) is 2.43. The molecule has 21 heavy (non-hydrogen) atoms. The number of ether oxygens (including phenoxy) is 1. The third-order valence-electron chi connectivity index (χ3n) is 2.93. The quantitative estimate of drug-likeness (QED) is 0.778. The summed E-state index contributed by atoms with van der Waals surface area (Å²) in [6, 6.07) is 5.25. The molecular weight excluding hydrogens is 360 g/mol. The first-order chi connectivity index (χ1) is 9.99. The summed E-state index contributed by atoms with van der Waals surface area (Å²) >= 11 is 9.43. The zero-order chi connectivity index (χ0) is 15.6. The number of methoxy groups -OCH3 is 1. The molecule has 0 radical (unpaired) electrons. The van der Waals surface area contributed by atoms with Crippen LogP contribution in [0.1, 0.15) is 23.0 Å². The Labute approximate surface area is 134 Å². The smallest absolute Gasteiger partial charge is 0.362 e. The highest BCUT2D eigenvalue weighted by atomic mass is 79.9. The third-order valence-corrected chi connectivity index (χ3v) is 4.31. The summed E-state index contributed by atoms with van der Waals surface area (Å²) in [4.78, 5) is 23.8. The molecule has 1 heterocycles. The lowest BCUT2D eigenvalue weighted by molar-refractivity contribution is 0.0590. The first-order valence-corrected chi connectivity index (χ1v) is 7.32. The standard InChI is InChI=1S/C14H12BrClN2O3/c1-3-8-7-18(10-6-4-5-9(16)11(10)15)17-12(13(8)19)14(20)21-2/h4-7H,3H2,1-2H3. The summed E-state index contributed by atoms with van der Waals surface area (Å²) in [7, 11) is 1.21. The average molecular weight is 372 g/mol. The predicted octanol–water partition coefficient (Wildman–Crippen LogP) is 3.00. The van der Waals surface area contributed by atoms with Crippen molar-refractivity contribution in [2.24, 2.45) is 0 Å². The number of nitrogens with zero attached hydrogens (tertiary/aromatic N) is 2. The van der Waals surface area contributed by atoms with Crippen LogP contribution in [0.4, 0.5) is 0 Å². The van der Waals surface area contributed by atoms with Crippen molar-refractivity contribution >= 4 is 33.5 Å². The molecule has 0 aliphatic rings. The third kappa shape index (κ3) is 3.01. The fourth-order valence-electron chi connectivity index (χ4n) is 1.82. The molecule has 1 aromatic heterocycles. The topological polar surface area (TPSA) is 61.2 Å². The van der Waals surface area contributed by atoms with E-state index in [4.69, 9.17) is 11.6 Å². The van der Waals surface area contributed by atoms with Gasteiger partial charge in [-0.1, -0.05) is 24.6 Å². The maximum absolute atomic E-state index is 12.1. The number of aromatic nitrogens is 2. The highest BCUT2D eigenvalue weighted by Crippen LogP contribution is 2.28. The fraction of sp³-hybridized carbons (Fsp3) is 0.214. The minimum atomic E-state index is -0.762. The molecule has 0 aliphatic carbocycles. The molecule has 0 unspecified atom stereocenters. The molecule has 0 saturated carbocycles. The van der Waals surface area contributed by atoms with Crippen LogP contribution >= 0.6 is 27.5 Å². The summed E-state index contributed by atoms with van der Waals surface area (Å²) < 4.78 is 6.68. The normalized spacial score (nSPS) is 10.5. The molecule has 0 spiro atoms. The van der Waals surface area contributed by atoms with Gasteiger partial charge in [0.05, 0.1) is 22.3 Å². The van der Waals surface area contributed by atoms with Gasteiger partial charge in [0, 0.05) is 11.8 Å². The number of rotatable bonds is 3. The van der Waals surface area contributed by atoms with Crippen molar-refractivity contribution < 1.29 is 9.53 Å². The van der Waals surface area contributed by atoms with Crippen LogP contribution in [0, 0.1) is 0 Å². The van der Waals surface area contributed by atoms with E-state index in [1.54, 1.807) is 24.4 Å². The van der Waals surface area contributed by atoms with Gasteiger partial charge < -0.3 is 4.74 Å². The summed E-state index contributed by atoms with van der Waals surface area (Å²) in [5.41, 5.74) is 0.433. The van der Waals surface area contributed by atoms with Crippen molar-refractivity contribution in [3.05, 3.63) is 55.4 Å². The molecule has 110 valence electrons. The van der Waals surface area contributed by atoms with Gasteiger partial charge in [0.25, 0.3) is 0 Å². The van der Waals surface area contributed by atoms with Gasteiger partial charge in [0.2, 0.25) is 11.1 Å². The van der Waals surface area contributed by atoms with E-state index < -0.39 is 11.4 Å². The van der Waals surface area contributed by atoms with Crippen LogP contribution in [0.25, 0.3) is 5.69 Å². The van der Waals surface area contributed by atoms with Crippen molar-refractivity contribution in [3.63, 3.8) is 0 Å². The number of hydrogen-bond donors (Lipinski definition) is 0. The Morgan fingerprint density at radius 3 is 2.81 bits per heavy atom. The number of halogens is 2. The van der Waals surface area contributed by atoms with E-state index in [0.29, 0.717) is 27.2 Å². The van der Waals surface area contributed by atoms with Gasteiger partial charge in [-0.25, -0.2) is 9.48 Å². The number of esters is 1. The molecule has 0 aliphatic heterocycles. The Morgan fingerprint density at radius 1 is 1.48 bits per heavy atom. The molecule has 0 atom stereocenters. The second-order valence-corrected chi connectivity index (χ2v) is 5.39. The van der Waals surface area contributed by atoms with Crippen molar-refractivity contribution in [1.29, 1.82) is 0 Å². The monoisotopic (exact) mass is 370 g/mol. The first-order valence-electron chi connectivity index (χ1n) is 6.15. The Kier molecular flexibility index (Phi) is 4.80. The summed E-state index contributed by atoms with van der Waals surface area (Å²) in [6.07, 6.45) is 2.06. The van der Waals surface area contributed by atoms with Gasteiger partial charge in [0.1, 0.15) is 0 Å². The van der Waals surface area contributed by atoms with E-state index in [2.05, 4.69) is 25.8 Å². The van der Waals surface area contributed by atoms with E-state index in [0.717, 1.165) is 0 Å². The highest BCUT2D eigenvalue weighted by Gasteiger charge is 2.18. The van der Waals surface area contributed by atoms with Crippen LogP contribution in [0.5, 0.6) is 0 Å². The first kappa shape index (κ1) is 15.7. The predicted molar refractivity (Wildman–Crippen MR) is 83.3 cm³/mol. The second-order valence-electron chi connectivity index (χ2n) is 4.19. The van der Waals surface area contributed by atoms with Gasteiger partial charge in [-0.05, 0) is 34.5 Å². The molecular formula is C14H12BrClN2O3. The van der Waals surface area contributed by atoms with Crippen LogP contribution in [0.15, 0.2) is 33.7 Å². The Morgan fingerprint density at radius 2 is 2.19 bits per heavy atom. The lowest BCUT2D eigenvalue weighted by atomic mass is 10.2. The maximum Gasteiger partial charge on any atom is 0.362 e. The van der Waals surface area contributed by atoms with E-state index in [1.165, 1.54) is 11.8 Å². The van der Waals surface area contributed by atoms with Gasteiger partial charge in [-0.2, -0.15) is 5.10 Å². The summed E-state index contributed by atoms with van der Waals surface area (Å²) in [5, 5.41) is 4.57. The minimum Gasteiger partial charge on any atom is -0.464 e. The lowest BCUT2D eigenvalue weighted by Gasteiger charge is -2.11. The second kappa shape index (κ2) is 6.41. The number of hydrogen-bond acceptors (Lipinski definition) is 4. The van der Waals surface area contributed by atoms with Crippen LogP contribution in [0.3, 0.4) is 0 Å².